The molecule has 0 unspecified atom stereocenters. The molecule has 0 fully saturated rings. The van der Waals surface area contributed by atoms with E-state index in [1.54, 1.807) is 24.3 Å². The number of hydrogen-bond acceptors (Lipinski definition) is 5. The standard InChI is InChI=1S/C14H8ClN3O3/c15-12-5-6-13(18-17-12)16-14(20)11-7-9(19)8-3-1-2-4-10(8)21-11/h1-7H,(H,16,18,20). The first-order valence-electron chi connectivity index (χ1n) is 5.97. The van der Waals surface area contributed by atoms with Gasteiger partial charge in [0.1, 0.15) is 5.58 Å². The molecule has 0 bridgehead atoms. The van der Waals surface area contributed by atoms with Crippen LogP contribution in [-0.4, -0.2) is 16.1 Å². The van der Waals surface area contributed by atoms with E-state index >= 15 is 0 Å². The zero-order chi connectivity index (χ0) is 14.8. The van der Waals surface area contributed by atoms with Crippen LogP contribution < -0.4 is 10.7 Å². The van der Waals surface area contributed by atoms with Crippen LogP contribution in [0.1, 0.15) is 10.6 Å². The minimum atomic E-state index is -0.588. The Balaban J connectivity index is 1.94. The molecule has 0 saturated heterocycles. The van der Waals surface area contributed by atoms with Crippen molar-refractivity contribution in [3.05, 3.63) is 63.6 Å². The maximum Gasteiger partial charge on any atom is 0.292 e. The van der Waals surface area contributed by atoms with Crippen LogP contribution in [0, 0.1) is 0 Å². The number of hydrogen-bond donors (Lipinski definition) is 1. The summed E-state index contributed by atoms with van der Waals surface area (Å²) in [6.07, 6.45) is 0. The molecule has 2 heterocycles. The van der Waals surface area contributed by atoms with Gasteiger partial charge in [0.15, 0.2) is 22.2 Å². The molecule has 21 heavy (non-hydrogen) atoms. The molecule has 1 N–H and O–H groups in total. The highest BCUT2D eigenvalue weighted by molar-refractivity contribution is 6.29. The predicted octanol–water partition coefficient (Wildman–Crippen LogP) is 2.49. The lowest BCUT2D eigenvalue weighted by Gasteiger charge is -2.04. The largest absolute Gasteiger partial charge is 0.451 e. The van der Waals surface area contributed by atoms with Crippen molar-refractivity contribution in [2.24, 2.45) is 0 Å². The van der Waals surface area contributed by atoms with E-state index in [1.165, 1.54) is 12.1 Å². The topological polar surface area (TPSA) is 85.1 Å². The van der Waals surface area contributed by atoms with Gasteiger partial charge in [-0.1, -0.05) is 23.7 Å². The average Bonchev–Trinajstić information content (AvgIpc) is 2.49. The van der Waals surface area contributed by atoms with Crippen LogP contribution in [0.2, 0.25) is 5.15 Å². The average molecular weight is 302 g/mol. The Bertz CT molecular complexity index is 875. The van der Waals surface area contributed by atoms with E-state index in [1.807, 2.05) is 0 Å². The van der Waals surface area contributed by atoms with Crippen LogP contribution in [-0.2, 0) is 0 Å². The van der Waals surface area contributed by atoms with Crippen molar-refractivity contribution in [3.8, 4) is 0 Å². The van der Waals surface area contributed by atoms with Gasteiger partial charge in [-0.3, -0.25) is 9.59 Å². The van der Waals surface area contributed by atoms with E-state index in [2.05, 4.69) is 15.5 Å². The summed E-state index contributed by atoms with van der Waals surface area (Å²) in [5.74, 6) is -0.481. The van der Waals surface area contributed by atoms with Crippen molar-refractivity contribution < 1.29 is 9.21 Å². The van der Waals surface area contributed by atoms with Crippen molar-refractivity contribution in [2.45, 2.75) is 0 Å². The molecule has 6 nitrogen and oxygen atoms in total. The molecule has 0 aliphatic rings. The molecule has 7 heteroatoms. The summed E-state index contributed by atoms with van der Waals surface area (Å²) < 4.78 is 5.41. The van der Waals surface area contributed by atoms with Gasteiger partial charge in [-0.15, -0.1) is 10.2 Å². The SMILES string of the molecule is O=C(Nc1ccc(Cl)nn1)c1cc(=O)c2ccccc2o1. The third-order valence-electron chi connectivity index (χ3n) is 2.73. The van der Waals surface area contributed by atoms with E-state index in [0.29, 0.717) is 11.0 Å². The van der Waals surface area contributed by atoms with E-state index in [0.717, 1.165) is 6.07 Å². The smallest absolute Gasteiger partial charge is 0.292 e. The molecule has 3 rings (SSSR count). The van der Waals surface area contributed by atoms with Gasteiger partial charge in [-0.2, -0.15) is 0 Å². The minimum Gasteiger partial charge on any atom is -0.451 e. The summed E-state index contributed by atoms with van der Waals surface area (Å²) in [5.41, 5.74) is 0.0570. The quantitative estimate of drug-likeness (QED) is 0.786. The monoisotopic (exact) mass is 301 g/mol. The van der Waals surface area contributed by atoms with Crippen LogP contribution >= 0.6 is 11.6 Å². The van der Waals surface area contributed by atoms with Crippen LogP contribution in [0.25, 0.3) is 11.0 Å². The van der Waals surface area contributed by atoms with Gasteiger partial charge in [0, 0.05) is 6.07 Å². The van der Waals surface area contributed by atoms with E-state index in [-0.39, 0.29) is 22.2 Å². The molecule has 0 spiro atoms. The highest BCUT2D eigenvalue weighted by Crippen LogP contribution is 2.13. The van der Waals surface area contributed by atoms with Crippen LogP contribution in [0.3, 0.4) is 0 Å². The predicted molar refractivity (Wildman–Crippen MR) is 77.5 cm³/mol. The normalized spacial score (nSPS) is 10.5. The number of fused-ring (bicyclic) bond motifs is 1. The Kier molecular flexibility index (Phi) is 3.37. The van der Waals surface area contributed by atoms with Crippen molar-refractivity contribution in [2.75, 3.05) is 5.32 Å². The number of halogens is 1. The Labute approximate surface area is 123 Å². The second-order valence-corrected chi connectivity index (χ2v) is 4.55. The van der Waals surface area contributed by atoms with Gasteiger partial charge in [0.2, 0.25) is 0 Å². The van der Waals surface area contributed by atoms with E-state index in [4.69, 9.17) is 16.0 Å². The maximum atomic E-state index is 12.1. The second-order valence-electron chi connectivity index (χ2n) is 4.17. The highest BCUT2D eigenvalue weighted by Gasteiger charge is 2.13. The van der Waals surface area contributed by atoms with Crippen molar-refractivity contribution in [3.63, 3.8) is 0 Å². The Morgan fingerprint density at radius 2 is 1.95 bits per heavy atom. The molecule has 0 aliphatic heterocycles. The fourth-order valence-electron chi connectivity index (χ4n) is 1.78. The molecular formula is C14H8ClN3O3. The first-order valence-corrected chi connectivity index (χ1v) is 6.35. The summed E-state index contributed by atoms with van der Waals surface area (Å²) in [5, 5.41) is 10.4. The highest BCUT2D eigenvalue weighted by atomic mass is 35.5. The fraction of sp³-hybridized carbons (Fsp3) is 0. The number of para-hydroxylation sites is 1. The van der Waals surface area contributed by atoms with Crippen LogP contribution in [0.4, 0.5) is 5.82 Å². The number of benzene rings is 1. The van der Waals surface area contributed by atoms with Gasteiger partial charge in [0.25, 0.3) is 5.91 Å². The number of anilines is 1. The number of nitrogens with one attached hydrogen (secondary N) is 1. The minimum absolute atomic E-state index is 0.101. The fourth-order valence-corrected chi connectivity index (χ4v) is 1.88. The van der Waals surface area contributed by atoms with Crippen LogP contribution in [0.5, 0.6) is 0 Å². The molecule has 0 aliphatic carbocycles. The number of carbonyl (C=O) groups is 1. The lowest BCUT2D eigenvalue weighted by atomic mass is 10.2. The maximum absolute atomic E-state index is 12.1. The molecule has 1 amide bonds. The van der Waals surface area contributed by atoms with Gasteiger partial charge < -0.3 is 9.73 Å². The van der Waals surface area contributed by atoms with Gasteiger partial charge >= 0.3 is 0 Å². The van der Waals surface area contributed by atoms with Crippen molar-refractivity contribution in [1.29, 1.82) is 0 Å². The molecule has 0 saturated carbocycles. The summed E-state index contributed by atoms with van der Waals surface area (Å²) in [4.78, 5) is 24.0. The lowest BCUT2D eigenvalue weighted by molar-refractivity contribution is 0.0996. The first-order chi connectivity index (χ1) is 10.1. The molecule has 1 aromatic carbocycles. The Hall–Kier alpha value is -2.73. The number of amides is 1. The summed E-state index contributed by atoms with van der Waals surface area (Å²) in [6, 6.07) is 10.8. The van der Waals surface area contributed by atoms with Crippen LogP contribution in [0.15, 0.2) is 51.7 Å². The molecular weight excluding hydrogens is 294 g/mol. The van der Waals surface area contributed by atoms with E-state index in [9.17, 15) is 9.59 Å². The Morgan fingerprint density at radius 1 is 1.14 bits per heavy atom. The number of aromatic nitrogens is 2. The lowest BCUT2D eigenvalue weighted by Crippen LogP contribution is -2.15. The summed E-state index contributed by atoms with van der Waals surface area (Å²) in [6.45, 7) is 0. The van der Waals surface area contributed by atoms with E-state index < -0.39 is 5.91 Å². The van der Waals surface area contributed by atoms with Gasteiger partial charge in [-0.05, 0) is 24.3 Å². The van der Waals surface area contributed by atoms with Gasteiger partial charge in [-0.25, -0.2) is 0 Å². The number of nitrogens with zero attached hydrogens (tertiary/aromatic N) is 2. The zero-order valence-electron chi connectivity index (χ0n) is 10.5. The molecule has 3 aromatic rings. The van der Waals surface area contributed by atoms with Crippen molar-refractivity contribution >= 4 is 34.3 Å². The summed E-state index contributed by atoms with van der Waals surface area (Å²) >= 11 is 5.61. The summed E-state index contributed by atoms with van der Waals surface area (Å²) in [7, 11) is 0. The van der Waals surface area contributed by atoms with Gasteiger partial charge in [0.05, 0.1) is 5.39 Å². The molecule has 0 radical (unpaired) electrons. The molecule has 0 atom stereocenters. The molecule has 104 valence electrons. The zero-order valence-corrected chi connectivity index (χ0v) is 11.3. The number of carbonyl (C=O) groups excluding carboxylic acids is 1. The first kappa shape index (κ1) is 13.3. The van der Waals surface area contributed by atoms with Crippen molar-refractivity contribution in [1.82, 2.24) is 10.2 Å². The Morgan fingerprint density at radius 3 is 2.71 bits per heavy atom. The third kappa shape index (κ3) is 2.75. The second kappa shape index (κ2) is 5.34. The third-order valence-corrected chi connectivity index (χ3v) is 2.93. The number of rotatable bonds is 2. The molecule has 2 aromatic heterocycles.